The van der Waals surface area contributed by atoms with Gasteiger partial charge in [0, 0.05) is 12.6 Å². The third kappa shape index (κ3) is 1.85. The lowest BCUT2D eigenvalue weighted by Crippen LogP contribution is -2.34. The van der Waals surface area contributed by atoms with Crippen LogP contribution in [0.5, 0.6) is 0 Å². The number of ether oxygens (including phenoxy) is 1. The van der Waals surface area contributed by atoms with Crippen LogP contribution in [0.4, 0.5) is 0 Å². The summed E-state index contributed by atoms with van der Waals surface area (Å²) in [4.78, 5) is 11.6. The molecule has 0 radical (unpaired) electrons. The number of nitrogens with one attached hydrogen (secondary N) is 1. The van der Waals surface area contributed by atoms with E-state index in [-0.39, 0.29) is 11.8 Å². The molecule has 0 bridgehead atoms. The Balaban J connectivity index is 1.79. The third-order valence-electron chi connectivity index (χ3n) is 3.13. The van der Waals surface area contributed by atoms with Crippen LogP contribution in [0, 0.1) is 11.3 Å². The van der Waals surface area contributed by atoms with Crippen molar-refractivity contribution in [3.63, 3.8) is 0 Å². The topological polar surface area (TPSA) is 38.3 Å². The zero-order valence-electron chi connectivity index (χ0n) is 8.30. The van der Waals surface area contributed by atoms with Gasteiger partial charge in [0.05, 0.1) is 12.5 Å². The van der Waals surface area contributed by atoms with Crippen LogP contribution < -0.4 is 5.32 Å². The quantitative estimate of drug-likeness (QED) is 0.692. The summed E-state index contributed by atoms with van der Waals surface area (Å²) in [6.45, 7) is 5.72. The summed E-state index contributed by atoms with van der Waals surface area (Å²) in [5.41, 5.74) is 0.328. The van der Waals surface area contributed by atoms with Gasteiger partial charge in [-0.05, 0) is 18.3 Å². The Morgan fingerprint density at radius 3 is 2.69 bits per heavy atom. The molecule has 1 saturated heterocycles. The fourth-order valence-corrected chi connectivity index (χ4v) is 1.74. The van der Waals surface area contributed by atoms with E-state index in [1.165, 1.54) is 0 Å². The van der Waals surface area contributed by atoms with Crippen molar-refractivity contribution in [1.82, 2.24) is 5.32 Å². The second-order valence-electron chi connectivity index (χ2n) is 4.81. The highest BCUT2D eigenvalue weighted by molar-refractivity contribution is 5.79. The SMILES string of the molecule is CC1(C)CC1NC(=O)C1CCOC1. The monoisotopic (exact) mass is 183 g/mol. The van der Waals surface area contributed by atoms with Crippen LogP contribution >= 0.6 is 0 Å². The minimum absolute atomic E-state index is 0.108. The van der Waals surface area contributed by atoms with Gasteiger partial charge in [-0.2, -0.15) is 0 Å². The molecule has 1 aliphatic carbocycles. The molecule has 74 valence electrons. The number of carbonyl (C=O) groups is 1. The molecule has 3 nitrogen and oxygen atoms in total. The Bertz CT molecular complexity index is 219. The van der Waals surface area contributed by atoms with Gasteiger partial charge in [-0.15, -0.1) is 0 Å². The molecule has 13 heavy (non-hydrogen) atoms. The van der Waals surface area contributed by atoms with E-state index in [0.29, 0.717) is 18.1 Å². The molecule has 2 fully saturated rings. The first-order chi connectivity index (χ1) is 6.09. The van der Waals surface area contributed by atoms with Gasteiger partial charge in [0.25, 0.3) is 0 Å². The molecule has 2 aliphatic rings. The normalized spacial score (nSPS) is 35.8. The molecule has 0 aromatic heterocycles. The first-order valence-corrected chi connectivity index (χ1v) is 4.98. The molecular weight excluding hydrogens is 166 g/mol. The summed E-state index contributed by atoms with van der Waals surface area (Å²) in [6.07, 6.45) is 2.01. The molecule has 2 rings (SSSR count). The Hall–Kier alpha value is -0.570. The summed E-state index contributed by atoms with van der Waals surface area (Å²) in [6, 6.07) is 0.403. The summed E-state index contributed by atoms with van der Waals surface area (Å²) >= 11 is 0. The van der Waals surface area contributed by atoms with Gasteiger partial charge in [-0.3, -0.25) is 4.79 Å². The minimum Gasteiger partial charge on any atom is -0.381 e. The van der Waals surface area contributed by atoms with Crippen molar-refractivity contribution < 1.29 is 9.53 Å². The number of carbonyl (C=O) groups excluding carboxylic acids is 1. The number of hydrogen-bond donors (Lipinski definition) is 1. The van der Waals surface area contributed by atoms with Crippen molar-refractivity contribution >= 4 is 5.91 Å². The molecule has 0 aromatic rings. The standard InChI is InChI=1S/C10H17NO2/c1-10(2)5-8(10)11-9(12)7-3-4-13-6-7/h7-8H,3-6H2,1-2H3,(H,11,12). The highest BCUT2D eigenvalue weighted by Gasteiger charge is 2.47. The van der Waals surface area contributed by atoms with Crippen molar-refractivity contribution in [3.8, 4) is 0 Å². The van der Waals surface area contributed by atoms with Crippen LogP contribution in [-0.4, -0.2) is 25.2 Å². The highest BCUT2D eigenvalue weighted by atomic mass is 16.5. The molecule has 1 saturated carbocycles. The molecule has 1 aliphatic heterocycles. The van der Waals surface area contributed by atoms with E-state index in [4.69, 9.17) is 4.74 Å². The molecular formula is C10H17NO2. The fourth-order valence-electron chi connectivity index (χ4n) is 1.74. The Morgan fingerprint density at radius 2 is 2.23 bits per heavy atom. The van der Waals surface area contributed by atoms with E-state index in [2.05, 4.69) is 19.2 Å². The minimum atomic E-state index is 0.108. The fraction of sp³-hybridized carbons (Fsp3) is 0.900. The average Bonchev–Trinajstić information content (AvgIpc) is 2.58. The summed E-state index contributed by atoms with van der Waals surface area (Å²) in [7, 11) is 0. The summed E-state index contributed by atoms with van der Waals surface area (Å²) in [5.74, 6) is 0.296. The second-order valence-corrected chi connectivity index (χ2v) is 4.81. The summed E-state index contributed by atoms with van der Waals surface area (Å²) in [5, 5.41) is 3.07. The predicted molar refractivity (Wildman–Crippen MR) is 49.3 cm³/mol. The van der Waals surface area contributed by atoms with E-state index < -0.39 is 0 Å². The van der Waals surface area contributed by atoms with Crippen molar-refractivity contribution in [1.29, 1.82) is 0 Å². The van der Waals surface area contributed by atoms with Crippen LogP contribution in [0.25, 0.3) is 0 Å². The van der Waals surface area contributed by atoms with Crippen LogP contribution in [-0.2, 0) is 9.53 Å². The summed E-state index contributed by atoms with van der Waals surface area (Å²) < 4.78 is 5.17. The van der Waals surface area contributed by atoms with Gasteiger partial charge in [-0.25, -0.2) is 0 Å². The molecule has 2 unspecified atom stereocenters. The van der Waals surface area contributed by atoms with Gasteiger partial charge in [0.1, 0.15) is 0 Å². The number of rotatable bonds is 2. The van der Waals surface area contributed by atoms with Crippen molar-refractivity contribution in [3.05, 3.63) is 0 Å². The van der Waals surface area contributed by atoms with E-state index in [1.807, 2.05) is 0 Å². The molecule has 1 heterocycles. The lowest BCUT2D eigenvalue weighted by atomic mass is 10.1. The predicted octanol–water partition coefficient (Wildman–Crippen LogP) is 0.938. The average molecular weight is 183 g/mol. The first kappa shape index (κ1) is 9.00. The van der Waals surface area contributed by atoms with Gasteiger partial charge < -0.3 is 10.1 Å². The largest absolute Gasteiger partial charge is 0.381 e. The van der Waals surface area contributed by atoms with Crippen LogP contribution in [0.3, 0.4) is 0 Å². The van der Waals surface area contributed by atoms with Gasteiger partial charge in [0.15, 0.2) is 0 Å². The third-order valence-corrected chi connectivity index (χ3v) is 3.13. The second kappa shape index (κ2) is 2.98. The maximum Gasteiger partial charge on any atom is 0.225 e. The van der Waals surface area contributed by atoms with Crippen LogP contribution in [0.2, 0.25) is 0 Å². The van der Waals surface area contributed by atoms with Crippen LogP contribution in [0.1, 0.15) is 26.7 Å². The Kier molecular flexibility index (Phi) is 2.06. The van der Waals surface area contributed by atoms with Gasteiger partial charge >= 0.3 is 0 Å². The molecule has 1 amide bonds. The molecule has 3 heteroatoms. The van der Waals surface area contributed by atoms with E-state index in [0.717, 1.165) is 19.4 Å². The molecule has 0 aromatic carbocycles. The van der Waals surface area contributed by atoms with E-state index in [1.54, 1.807) is 0 Å². The maximum absolute atomic E-state index is 11.6. The Labute approximate surface area is 78.8 Å². The smallest absolute Gasteiger partial charge is 0.225 e. The van der Waals surface area contributed by atoms with Crippen LogP contribution in [0.15, 0.2) is 0 Å². The number of hydrogen-bond acceptors (Lipinski definition) is 2. The maximum atomic E-state index is 11.6. The molecule has 1 N–H and O–H groups in total. The molecule has 0 spiro atoms. The number of amides is 1. The van der Waals surface area contributed by atoms with E-state index >= 15 is 0 Å². The Morgan fingerprint density at radius 1 is 1.54 bits per heavy atom. The van der Waals surface area contributed by atoms with E-state index in [9.17, 15) is 4.79 Å². The van der Waals surface area contributed by atoms with Gasteiger partial charge in [-0.1, -0.05) is 13.8 Å². The molecule has 2 atom stereocenters. The lowest BCUT2D eigenvalue weighted by molar-refractivity contribution is -0.125. The lowest BCUT2D eigenvalue weighted by Gasteiger charge is -2.10. The first-order valence-electron chi connectivity index (χ1n) is 4.98. The van der Waals surface area contributed by atoms with Crippen molar-refractivity contribution in [2.24, 2.45) is 11.3 Å². The van der Waals surface area contributed by atoms with Gasteiger partial charge in [0.2, 0.25) is 5.91 Å². The van der Waals surface area contributed by atoms with Crippen molar-refractivity contribution in [2.75, 3.05) is 13.2 Å². The zero-order chi connectivity index (χ0) is 9.47. The van der Waals surface area contributed by atoms with Crippen molar-refractivity contribution in [2.45, 2.75) is 32.7 Å². The zero-order valence-corrected chi connectivity index (χ0v) is 8.30. The highest BCUT2D eigenvalue weighted by Crippen LogP contribution is 2.44.